The van der Waals surface area contributed by atoms with Crippen LogP contribution in [0.3, 0.4) is 0 Å². The molecular formula is C18H26N2O. The fourth-order valence-electron chi connectivity index (χ4n) is 2.68. The van der Waals surface area contributed by atoms with Crippen LogP contribution in [0.1, 0.15) is 44.6 Å². The largest absolute Gasteiger partial charge is 0.361 e. The van der Waals surface area contributed by atoms with Gasteiger partial charge in [-0.3, -0.25) is 4.79 Å². The van der Waals surface area contributed by atoms with Crippen molar-refractivity contribution in [2.75, 3.05) is 13.6 Å². The molecule has 0 saturated heterocycles. The molecule has 1 aromatic heterocycles. The Bertz CT molecular complexity index is 573. The summed E-state index contributed by atoms with van der Waals surface area (Å²) >= 11 is 0. The Morgan fingerprint density at radius 1 is 1.19 bits per heavy atom. The van der Waals surface area contributed by atoms with E-state index in [1.165, 1.54) is 29.3 Å². The lowest BCUT2D eigenvalue weighted by atomic mass is 10.1. The van der Waals surface area contributed by atoms with E-state index in [1.807, 2.05) is 18.0 Å². The zero-order chi connectivity index (χ0) is 15.1. The Morgan fingerprint density at radius 2 is 2.00 bits per heavy atom. The molecule has 0 aliphatic rings. The van der Waals surface area contributed by atoms with Gasteiger partial charge in [0.05, 0.1) is 0 Å². The van der Waals surface area contributed by atoms with Crippen molar-refractivity contribution in [3.63, 3.8) is 0 Å². The minimum Gasteiger partial charge on any atom is -0.361 e. The number of rotatable bonds is 8. The second-order valence-corrected chi connectivity index (χ2v) is 5.74. The van der Waals surface area contributed by atoms with E-state index in [1.54, 1.807) is 0 Å². The van der Waals surface area contributed by atoms with Gasteiger partial charge in [-0.1, -0.05) is 38.0 Å². The first-order valence-electron chi connectivity index (χ1n) is 8.01. The number of carbonyl (C=O) groups is 1. The smallest absolute Gasteiger partial charge is 0.222 e. The Hall–Kier alpha value is -1.77. The number of nitrogens with one attached hydrogen (secondary N) is 1. The molecule has 0 saturated carbocycles. The van der Waals surface area contributed by atoms with Gasteiger partial charge in [0.15, 0.2) is 0 Å². The quantitative estimate of drug-likeness (QED) is 0.727. The predicted molar refractivity (Wildman–Crippen MR) is 88.4 cm³/mol. The van der Waals surface area contributed by atoms with Gasteiger partial charge >= 0.3 is 0 Å². The van der Waals surface area contributed by atoms with Crippen LogP contribution in [0.25, 0.3) is 10.9 Å². The maximum Gasteiger partial charge on any atom is 0.222 e. The second-order valence-electron chi connectivity index (χ2n) is 5.74. The molecule has 1 heterocycles. The number of hydrogen-bond donors (Lipinski definition) is 1. The van der Waals surface area contributed by atoms with Crippen LogP contribution in [0.15, 0.2) is 30.5 Å². The molecule has 0 unspecified atom stereocenters. The van der Waals surface area contributed by atoms with Crippen molar-refractivity contribution in [2.45, 2.75) is 45.4 Å². The Kier molecular flexibility index (Phi) is 5.85. The van der Waals surface area contributed by atoms with Crippen LogP contribution >= 0.6 is 0 Å². The van der Waals surface area contributed by atoms with Crippen LogP contribution in [-0.4, -0.2) is 29.4 Å². The number of aryl methyl sites for hydroxylation is 1. The van der Waals surface area contributed by atoms with Gasteiger partial charge < -0.3 is 9.88 Å². The molecule has 0 atom stereocenters. The number of unbranched alkanes of at least 4 members (excludes halogenated alkanes) is 2. The standard InChI is InChI=1S/C18H26N2O/c1-3-4-7-13-20(2)18(21)12-8-9-15-14-19-17-11-6-5-10-16(15)17/h5-6,10-11,14,19H,3-4,7-9,12-13H2,1-2H3. The highest BCUT2D eigenvalue weighted by atomic mass is 16.2. The first kappa shape index (κ1) is 15.6. The lowest BCUT2D eigenvalue weighted by molar-refractivity contribution is -0.130. The number of amides is 1. The van der Waals surface area contributed by atoms with Crippen molar-refractivity contribution in [3.05, 3.63) is 36.0 Å². The topological polar surface area (TPSA) is 36.1 Å². The molecule has 0 aliphatic heterocycles. The molecule has 1 amide bonds. The minimum atomic E-state index is 0.269. The molecule has 0 radical (unpaired) electrons. The maximum absolute atomic E-state index is 12.0. The Balaban J connectivity index is 1.77. The minimum absolute atomic E-state index is 0.269. The van der Waals surface area contributed by atoms with E-state index in [2.05, 4.69) is 36.3 Å². The number of para-hydroxylation sites is 1. The summed E-state index contributed by atoms with van der Waals surface area (Å²) in [5.74, 6) is 0.269. The number of H-pyrrole nitrogens is 1. The van der Waals surface area contributed by atoms with Crippen molar-refractivity contribution in [3.8, 4) is 0 Å². The van der Waals surface area contributed by atoms with Crippen LogP contribution in [0.2, 0.25) is 0 Å². The Morgan fingerprint density at radius 3 is 2.81 bits per heavy atom. The highest BCUT2D eigenvalue weighted by Crippen LogP contribution is 2.19. The summed E-state index contributed by atoms with van der Waals surface area (Å²) in [5.41, 5.74) is 2.49. The molecule has 1 aromatic carbocycles. The number of nitrogens with zero attached hydrogens (tertiary/aromatic N) is 1. The Labute approximate surface area is 127 Å². The third-order valence-electron chi connectivity index (χ3n) is 4.03. The van der Waals surface area contributed by atoms with Crippen molar-refractivity contribution < 1.29 is 4.79 Å². The molecule has 2 rings (SSSR count). The maximum atomic E-state index is 12.0. The molecule has 2 aromatic rings. The molecular weight excluding hydrogens is 260 g/mol. The van der Waals surface area contributed by atoms with E-state index < -0.39 is 0 Å². The van der Waals surface area contributed by atoms with Gasteiger partial charge in [-0.05, 0) is 30.9 Å². The zero-order valence-corrected chi connectivity index (χ0v) is 13.2. The molecule has 0 bridgehead atoms. The fraction of sp³-hybridized carbons (Fsp3) is 0.500. The molecule has 114 valence electrons. The van der Waals surface area contributed by atoms with E-state index in [-0.39, 0.29) is 5.91 Å². The van der Waals surface area contributed by atoms with Crippen LogP contribution in [0.4, 0.5) is 0 Å². The first-order valence-corrected chi connectivity index (χ1v) is 8.01. The lowest BCUT2D eigenvalue weighted by Crippen LogP contribution is -2.27. The molecule has 0 aliphatic carbocycles. The van der Waals surface area contributed by atoms with Gasteiger partial charge in [0, 0.05) is 37.1 Å². The average Bonchev–Trinajstić information content (AvgIpc) is 2.91. The predicted octanol–water partition coefficient (Wildman–Crippen LogP) is 4.14. The molecule has 0 spiro atoms. The van der Waals surface area contributed by atoms with E-state index in [9.17, 15) is 4.79 Å². The molecule has 0 fully saturated rings. The molecule has 3 heteroatoms. The van der Waals surface area contributed by atoms with Crippen LogP contribution in [0, 0.1) is 0 Å². The summed E-state index contributed by atoms with van der Waals surface area (Å²) in [6, 6.07) is 8.33. The number of aromatic amines is 1. The first-order chi connectivity index (χ1) is 10.2. The monoisotopic (exact) mass is 286 g/mol. The van der Waals surface area contributed by atoms with Crippen molar-refractivity contribution in [1.29, 1.82) is 0 Å². The van der Waals surface area contributed by atoms with Gasteiger partial charge in [-0.25, -0.2) is 0 Å². The highest BCUT2D eigenvalue weighted by molar-refractivity contribution is 5.83. The summed E-state index contributed by atoms with van der Waals surface area (Å²) in [7, 11) is 1.92. The second kappa shape index (κ2) is 7.87. The number of aromatic nitrogens is 1. The SMILES string of the molecule is CCCCCN(C)C(=O)CCCc1c[nH]c2ccccc12. The summed E-state index contributed by atoms with van der Waals surface area (Å²) < 4.78 is 0. The number of carbonyl (C=O) groups excluding carboxylic acids is 1. The normalized spacial score (nSPS) is 11.0. The molecule has 3 nitrogen and oxygen atoms in total. The van der Waals surface area contributed by atoms with Crippen molar-refractivity contribution >= 4 is 16.8 Å². The van der Waals surface area contributed by atoms with E-state index in [0.29, 0.717) is 6.42 Å². The van der Waals surface area contributed by atoms with Crippen molar-refractivity contribution in [1.82, 2.24) is 9.88 Å². The van der Waals surface area contributed by atoms with Gasteiger partial charge in [0.2, 0.25) is 5.91 Å². The zero-order valence-electron chi connectivity index (χ0n) is 13.2. The van der Waals surface area contributed by atoms with Crippen LogP contribution in [0.5, 0.6) is 0 Å². The van der Waals surface area contributed by atoms with Crippen LogP contribution < -0.4 is 0 Å². The molecule has 21 heavy (non-hydrogen) atoms. The van der Waals surface area contributed by atoms with Gasteiger partial charge in [-0.2, -0.15) is 0 Å². The lowest BCUT2D eigenvalue weighted by Gasteiger charge is -2.16. The summed E-state index contributed by atoms with van der Waals surface area (Å²) in [6.45, 7) is 3.07. The van der Waals surface area contributed by atoms with Gasteiger partial charge in [-0.15, -0.1) is 0 Å². The third kappa shape index (κ3) is 4.35. The number of benzene rings is 1. The molecule has 1 N–H and O–H groups in total. The van der Waals surface area contributed by atoms with Gasteiger partial charge in [0.25, 0.3) is 0 Å². The summed E-state index contributed by atoms with van der Waals surface area (Å²) in [4.78, 5) is 17.2. The summed E-state index contributed by atoms with van der Waals surface area (Å²) in [6.07, 6.45) is 8.09. The van der Waals surface area contributed by atoms with Gasteiger partial charge in [0.1, 0.15) is 0 Å². The van der Waals surface area contributed by atoms with Crippen LogP contribution in [-0.2, 0) is 11.2 Å². The number of fused-ring (bicyclic) bond motifs is 1. The highest BCUT2D eigenvalue weighted by Gasteiger charge is 2.09. The third-order valence-corrected chi connectivity index (χ3v) is 4.03. The van der Waals surface area contributed by atoms with E-state index >= 15 is 0 Å². The average molecular weight is 286 g/mol. The van der Waals surface area contributed by atoms with E-state index in [4.69, 9.17) is 0 Å². The van der Waals surface area contributed by atoms with Crippen molar-refractivity contribution in [2.24, 2.45) is 0 Å². The van der Waals surface area contributed by atoms with E-state index in [0.717, 1.165) is 25.8 Å². The number of hydrogen-bond acceptors (Lipinski definition) is 1. The fourth-order valence-corrected chi connectivity index (χ4v) is 2.68. The summed E-state index contributed by atoms with van der Waals surface area (Å²) in [5, 5.41) is 1.28.